The normalized spacial score (nSPS) is 10.3. The first-order chi connectivity index (χ1) is 8.97. The van der Waals surface area contributed by atoms with Gasteiger partial charge >= 0.3 is 0 Å². The molecule has 0 heterocycles. The van der Waals surface area contributed by atoms with E-state index in [-0.39, 0.29) is 16.5 Å². The summed E-state index contributed by atoms with van der Waals surface area (Å²) < 4.78 is 27.2. The number of nitrogens with two attached hydrogens (primary N) is 1. The zero-order valence-electron chi connectivity index (χ0n) is 10.2. The van der Waals surface area contributed by atoms with Crippen molar-refractivity contribution < 1.29 is 8.78 Å². The fraction of sp³-hybridized carbons (Fsp3) is 0.0714. The Balaban J connectivity index is 2.28. The molecule has 3 N–H and O–H groups in total. The monoisotopic (exact) mass is 278 g/mol. The van der Waals surface area contributed by atoms with Crippen molar-refractivity contribution in [1.82, 2.24) is 0 Å². The van der Waals surface area contributed by atoms with Crippen molar-refractivity contribution in [2.75, 3.05) is 5.32 Å². The van der Waals surface area contributed by atoms with Crippen molar-refractivity contribution in [3.8, 4) is 0 Å². The lowest BCUT2D eigenvalue weighted by atomic mass is 10.1. The van der Waals surface area contributed by atoms with E-state index >= 15 is 0 Å². The molecule has 98 valence electrons. The second-order valence-electron chi connectivity index (χ2n) is 4.15. The first kappa shape index (κ1) is 13.4. The van der Waals surface area contributed by atoms with Crippen molar-refractivity contribution >= 4 is 28.6 Å². The molecule has 0 aliphatic heterocycles. The average Bonchev–Trinajstić information content (AvgIpc) is 2.36. The van der Waals surface area contributed by atoms with Crippen LogP contribution in [0.1, 0.15) is 11.1 Å². The number of rotatable bonds is 3. The summed E-state index contributed by atoms with van der Waals surface area (Å²) in [5, 5.41) is 2.81. The van der Waals surface area contributed by atoms with Gasteiger partial charge in [-0.15, -0.1) is 0 Å². The smallest absolute Gasteiger partial charge is 0.147 e. The van der Waals surface area contributed by atoms with Crippen molar-refractivity contribution in [2.24, 2.45) is 5.73 Å². The summed E-state index contributed by atoms with van der Waals surface area (Å²) in [5.41, 5.74) is 7.12. The SMILES string of the molecule is Cc1ccc(Nc2ccc(C(N)=S)cc2F)cc1F. The second-order valence-corrected chi connectivity index (χ2v) is 4.59. The summed E-state index contributed by atoms with van der Waals surface area (Å²) in [5.74, 6) is -0.837. The standard InChI is InChI=1S/C14H12F2N2S/c1-8-2-4-10(7-11(8)15)18-13-5-3-9(14(17)19)6-12(13)16/h2-7,18H,1H3,(H2,17,19). The molecule has 0 radical (unpaired) electrons. The fourth-order valence-corrected chi connectivity index (χ4v) is 1.72. The summed E-state index contributed by atoms with van der Waals surface area (Å²) in [6, 6.07) is 8.99. The minimum atomic E-state index is -0.494. The first-order valence-corrected chi connectivity index (χ1v) is 6.01. The average molecular weight is 278 g/mol. The molecule has 0 aliphatic carbocycles. The quantitative estimate of drug-likeness (QED) is 0.842. The number of nitrogens with one attached hydrogen (secondary N) is 1. The van der Waals surface area contributed by atoms with Crippen LogP contribution in [0.2, 0.25) is 0 Å². The van der Waals surface area contributed by atoms with E-state index in [1.807, 2.05) is 0 Å². The van der Waals surface area contributed by atoms with Gasteiger partial charge in [0.15, 0.2) is 0 Å². The highest BCUT2D eigenvalue weighted by molar-refractivity contribution is 7.80. The maximum atomic E-state index is 13.8. The Morgan fingerprint density at radius 3 is 2.42 bits per heavy atom. The van der Waals surface area contributed by atoms with Crippen LogP contribution in [0.25, 0.3) is 0 Å². The van der Waals surface area contributed by atoms with Crippen LogP contribution >= 0.6 is 12.2 Å². The Kier molecular flexibility index (Phi) is 3.76. The molecule has 0 saturated heterocycles. The molecule has 2 nitrogen and oxygen atoms in total. The lowest BCUT2D eigenvalue weighted by molar-refractivity contribution is 0.618. The number of hydrogen-bond acceptors (Lipinski definition) is 2. The van der Waals surface area contributed by atoms with Gasteiger partial charge in [0.1, 0.15) is 16.6 Å². The van der Waals surface area contributed by atoms with E-state index < -0.39 is 5.82 Å². The molecule has 2 aromatic carbocycles. The van der Waals surface area contributed by atoms with Crippen LogP contribution < -0.4 is 11.1 Å². The van der Waals surface area contributed by atoms with Crippen molar-refractivity contribution in [3.63, 3.8) is 0 Å². The van der Waals surface area contributed by atoms with E-state index in [1.54, 1.807) is 25.1 Å². The van der Waals surface area contributed by atoms with Gasteiger partial charge in [0.2, 0.25) is 0 Å². The van der Waals surface area contributed by atoms with Gasteiger partial charge in [-0.3, -0.25) is 0 Å². The van der Waals surface area contributed by atoms with Crippen LogP contribution in [0.15, 0.2) is 36.4 Å². The van der Waals surface area contributed by atoms with Crippen LogP contribution in [0.5, 0.6) is 0 Å². The van der Waals surface area contributed by atoms with E-state index in [0.29, 0.717) is 16.8 Å². The fourth-order valence-electron chi connectivity index (χ4n) is 1.60. The van der Waals surface area contributed by atoms with Crippen LogP contribution in [0, 0.1) is 18.6 Å². The number of halogens is 2. The predicted molar refractivity (Wildman–Crippen MR) is 76.7 cm³/mol. The lowest BCUT2D eigenvalue weighted by Gasteiger charge is -2.09. The predicted octanol–water partition coefficient (Wildman–Crippen LogP) is 3.65. The van der Waals surface area contributed by atoms with Gasteiger partial charge in [-0.1, -0.05) is 18.3 Å². The zero-order valence-corrected chi connectivity index (χ0v) is 11.0. The Labute approximate surface area is 115 Å². The van der Waals surface area contributed by atoms with Gasteiger partial charge in [-0.2, -0.15) is 0 Å². The van der Waals surface area contributed by atoms with Gasteiger partial charge in [0, 0.05) is 11.3 Å². The molecular formula is C14H12F2N2S. The summed E-state index contributed by atoms with van der Waals surface area (Å²) in [6.07, 6.45) is 0. The summed E-state index contributed by atoms with van der Waals surface area (Å²) in [7, 11) is 0. The Morgan fingerprint density at radius 2 is 1.84 bits per heavy atom. The van der Waals surface area contributed by atoms with Gasteiger partial charge in [0.25, 0.3) is 0 Å². The van der Waals surface area contributed by atoms with Crippen LogP contribution in [0.3, 0.4) is 0 Å². The van der Waals surface area contributed by atoms with Crippen molar-refractivity contribution in [3.05, 3.63) is 59.2 Å². The van der Waals surface area contributed by atoms with E-state index in [4.69, 9.17) is 18.0 Å². The molecule has 0 unspecified atom stereocenters. The Morgan fingerprint density at radius 1 is 1.11 bits per heavy atom. The number of thiocarbonyl (C=S) groups is 1. The maximum absolute atomic E-state index is 13.8. The largest absolute Gasteiger partial charge is 0.389 e. The highest BCUT2D eigenvalue weighted by atomic mass is 32.1. The molecule has 2 aromatic rings. The molecule has 0 atom stereocenters. The minimum absolute atomic E-state index is 0.131. The highest BCUT2D eigenvalue weighted by Gasteiger charge is 2.06. The van der Waals surface area contributed by atoms with E-state index in [9.17, 15) is 8.78 Å². The van der Waals surface area contributed by atoms with Crippen LogP contribution in [0.4, 0.5) is 20.2 Å². The molecule has 0 aromatic heterocycles. The van der Waals surface area contributed by atoms with Crippen molar-refractivity contribution in [1.29, 1.82) is 0 Å². The Hall–Kier alpha value is -2.01. The van der Waals surface area contributed by atoms with E-state index in [0.717, 1.165) is 0 Å². The number of anilines is 2. The van der Waals surface area contributed by atoms with Gasteiger partial charge in [0.05, 0.1) is 5.69 Å². The molecule has 19 heavy (non-hydrogen) atoms. The highest BCUT2D eigenvalue weighted by Crippen LogP contribution is 2.22. The molecule has 0 spiro atoms. The molecule has 0 bridgehead atoms. The summed E-state index contributed by atoms with van der Waals surface area (Å²) in [4.78, 5) is 0.131. The van der Waals surface area contributed by atoms with Gasteiger partial charge in [-0.05, 0) is 42.8 Å². The van der Waals surface area contributed by atoms with Gasteiger partial charge < -0.3 is 11.1 Å². The first-order valence-electron chi connectivity index (χ1n) is 5.60. The maximum Gasteiger partial charge on any atom is 0.147 e. The molecular weight excluding hydrogens is 266 g/mol. The summed E-state index contributed by atoms with van der Waals surface area (Å²) >= 11 is 4.77. The van der Waals surface area contributed by atoms with Crippen LogP contribution in [-0.2, 0) is 0 Å². The molecule has 0 saturated carbocycles. The topological polar surface area (TPSA) is 38.0 Å². The van der Waals surface area contributed by atoms with E-state index in [1.165, 1.54) is 18.2 Å². The third-order valence-electron chi connectivity index (χ3n) is 2.70. The third-order valence-corrected chi connectivity index (χ3v) is 2.94. The molecule has 2 rings (SSSR count). The second kappa shape index (κ2) is 5.32. The zero-order chi connectivity index (χ0) is 14.0. The number of benzene rings is 2. The minimum Gasteiger partial charge on any atom is -0.389 e. The molecule has 0 amide bonds. The molecule has 0 aliphatic rings. The van der Waals surface area contributed by atoms with Gasteiger partial charge in [-0.25, -0.2) is 8.78 Å². The number of hydrogen-bond donors (Lipinski definition) is 2. The molecule has 0 fully saturated rings. The molecule has 5 heteroatoms. The Bertz CT molecular complexity index is 641. The lowest BCUT2D eigenvalue weighted by Crippen LogP contribution is -2.09. The summed E-state index contributed by atoms with van der Waals surface area (Å²) in [6.45, 7) is 1.66. The third kappa shape index (κ3) is 3.06. The van der Waals surface area contributed by atoms with Crippen molar-refractivity contribution in [2.45, 2.75) is 6.92 Å². The van der Waals surface area contributed by atoms with Crippen LogP contribution in [-0.4, -0.2) is 4.99 Å². The number of aryl methyl sites for hydroxylation is 1. The van der Waals surface area contributed by atoms with E-state index in [2.05, 4.69) is 5.32 Å².